The molecule has 0 saturated heterocycles. The second kappa shape index (κ2) is 9.68. The van der Waals surface area contributed by atoms with Gasteiger partial charge < -0.3 is 25.2 Å². The molecule has 2 fully saturated rings. The van der Waals surface area contributed by atoms with Gasteiger partial charge >= 0.3 is 5.97 Å². The molecule has 178 valence electrons. The lowest BCUT2D eigenvalue weighted by atomic mass is 9.87. The number of ether oxygens (including phenoxy) is 2. The van der Waals surface area contributed by atoms with Crippen LogP contribution in [0, 0.1) is 5.92 Å². The van der Waals surface area contributed by atoms with E-state index in [0.29, 0.717) is 41.8 Å². The van der Waals surface area contributed by atoms with Crippen molar-refractivity contribution in [3.05, 3.63) is 18.3 Å². The van der Waals surface area contributed by atoms with Crippen molar-refractivity contribution in [2.45, 2.75) is 57.1 Å². The minimum Gasteiger partial charge on any atom is -0.487 e. The maximum atomic E-state index is 12.5. The summed E-state index contributed by atoms with van der Waals surface area (Å²) in [6.45, 7) is -0.0807. The highest BCUT2D eigenvalue weighted by Gasteiger charge is 2.29. The van der Waals surface area contributed by atoms with E-state index in [9.17, 15) is 14.7 Å². The van der Waals surface area contributed by atoms with Gasteiger partial charge in [0, 0.05) is 20.1 Å². The third-order valence-electron chi connectivity index (χ3n) is 6.66. The number of aryl methyl sites for hydroxylation is 1. The number of nitrogen functional groups attached to an aromatic ring is 1. The molecule has 1 amide bonds. The summed E-state index contributed by atoms with van der Waals surface area (Å²) in [4.78, 5) is 30.0. The van der Waals surface area contributed by atoms with Gasteiger partial charge in [-0.05, 0) is 57.1 Å². The number of rotatable bonds is 8. The number of aliphatic carboxylic acids is 1. The SMILES string of the molecule is CN(C(=O)COc1c(-c2ccc(O[C@H]3CCC[C@H](C(=O)O)C3)c(N)n2)cnn1C)C1CCC1. The predicted octanol–water partition coefficient (Wildman–Crippen LogP) is 2.48. The number of carbonyl (C=O) groups is 2. The minimum absolute atomic E-state index is 0.0739. The highest BCUT2D eigenvalue weighted by Crippen LogP contribution is 2.34. The van der Waals surface area contributed by atoms with E-state index in [0.717, 1.165) is 32.1 Å². The summed E-state index contributed by atoms with van der Waals surface area (Å²) < 4.78 is 13.4. The first kappa shape index (κ1) is 22.9. The molecule has 4 rings (SSSR count). The molecule has 10 heteroatoms. The van der Waals surface area contributed by atoms with E-state index in [1.807, 2.05) is 7.05 Å². The normalized spacial score (nSPS) is 20.7. The van der Waals surface area contributed by atoms with Crippen LogP contribution in [0.15, 0.2) is 18.3 Å². The number of aromatic nitrogens is 3. The molecule has 0 spiro atoms. The first-order valence-electron chi connectivity index (χ1n) is 11.4. The van der Waals surface area contributed by atoms with Crippen molar-refractivity contribution in [2.24, 2.45) is 13.0 Å². The number of pyridine rings is 1. The van der Waals surface area contributed by atoms with Gasteiger partial charge in [0.05, 0.1) is 29.5 Å². The Bertz CT molecular complexity index is 1020. The number of carbonyl (C=O) groups excluding carboxylic acids is 1. The van der Waals surface area contributed by atoms with Gasteiger partial charge in [-0.1, -0.05) is 0 Å². The first-order valence-corrected chi connectivity index (χ1v) is 11.4. The summed E-state index contributed by atoms with van der Waals surface area (Å²) in [5.74, 6) is -0.179. The van der Waals surface area contributed by atoms with Crippen LogP contribution in [0.5, 0.6) is 11.6 Å². The number of hydrogen-bond acceptors (Lipinski definition) is 7. The highest BCUT2D eigenvalue weighted by molar-refractivity contribution is 5.78. The maximum Gasteiger partial charge on any atom is 0.306 e. The molecule has 3 N–H and O–H groups in total. The molecule has 33 heavy (non-hydrogen) atoms. The van der Waals surface area contributed by atoms with E-state index >= 15 is 0 Å². The maximum absolute atomic E-state index is 12.5. The molecule has 0 bridgehead atoms. The van der Waals surface area contributed by atoms with Crippen molar-refractivity contribution in [1.82, 2.24) is 19.7 Å². The molecule has 2 aliphatic rings. The predicted molar refractivity (Wildman–Crippen MR) is 121 cm³/mol. The number of nitrogens with two attached hydrogens (primary N) is 1. The summed E-state index contributed by atoms with van der Waals surface area (Å²) >= 11 is 0. The van der Waals surface area contributed by atoms with Crippen LogP contribution in [0.3, 0.4) is 0 Å². The fraction of sp³-hybridized carbons (Fsp3) is 0.565. The fourth-order valence-corrected chi connectivity index (χ4v) is 4.35. The molecule has 2 aliphatic carbocycles. The number of hydrogen-bond donors (Lipinski definition) is 2. The number of likely N-dealkylation sites (N-methyl/N-ethyl adjacent to an activating group) is 1. The molecule has 2 saturated carbocycles. The summed E-state index contributed by atoms with van der Waals surface area (Å²) in [5.41, 5.74) is 7.34. The Morgan fingerprint density at radius 1 is 1.24 bits per heavy atom. The van der Waals surface area contributed by atoms with Crippen LogP contribution in [-0.4, -0.2) is 62.4 Å². The van der Waals surface area contributed by atoms with Crippen LogP contribution in [0.4, 0.5) is 5.82 Å². The molecule has 2 aromatic rings. The summed E-state index contributed by atoms with van der Waals surface area (Å²) in [7, 11) is 3.55. The largest absolute Gasteiger partial charge is 0.487 e. The number of anilines is 1. The number of carboxylic acid groups (broad SMARTS) is 1. The van der Waals surface area contributed by atoms with E-state index in [4.69, 9.17) is 15.2 Å². The zero-order valence-electron chi connectivity index (χ0n) is 19.1. The monoisotopic (exact) mass is 457 g/mol. The minimum atomic E-state index is -0.786. The zero-order chi connectivity index (χ0) is 23.5. The summed E-state index contributed by atoms with van der Waals surface area (Å²) in [6.07, 6.45) is 7.37. The third kappa shape index (κ3) is 5.04. The van der Waals surface area contributed by atoms with Crippen molar-refractivity contribution in [2.75, 3.05) is 19.4 Å². The Hall–Kier alpha value is -3.30. The third-order valence-corrected chi connectivity index (χ3v) is 6.66. The van der Waals surface area contributed by atoms with Gasteiger partial charge in [-0.2, -0.15) is 5.10 Å². The van der Waals surface area contributed by atoms with Crippen LogP contribution in [0.2, 0.25) is 0 Å². The van der Waals surface area contributed by atoms with Gasteiger partial charge in [0.15, 0.2) is 18.2 Å². The van der Waals surface area contributed by atoms with Gasteiger partial charge in [0.25, 0.3) is 5.91 Å². The molecule has 0 aliphatic heterocycles. The van der Waals surface area contributed by atoms with Gasteiger partial charge in [-0.25, -0.2) is 9.67 Å². The van der Waals surface area contributed by atoms with E-state index in [2.05, 4.69) is 10.1 Å². The summed E-state index contributed by atoms with van der Waals surface area (Å²) in [6, 6.07) is 3.79. The van der Waals surface area contributed by atoms with Crippen molar-refractivity contribution in [3.63, 3.8) is 0 Å². The Balaban J connectivity index is 1.43. The molecular formula is C23H31N5O5. The Morgan fingerprint density at radius 2 is 2.00 bits per heavy atom. The van der Waals surface area contributed by atoms with Crippen molar-refractivity contribution in [1.29, 1.82) is 0 Å². The van der Waals surface area contributed by atoms with E-state index in [1.54, 1.807) is 35.0 Å². The lowest BCUT2D eigenvalue weighted by Gasteiger charge is -2.34. The van der Waals surface area contributed by atoms with Gasteiger partial charge in [0.2, 0.25) is 5.88 Å². The molecule has 2 atom stereocenters. The van der Waals surface area contributed by atoms with Crippen molar-refractivity contribution >= 4 is 17.7 Å². The van der Waals surface area contributed by atoms with E-state index in [-0.39, 0.29) is 24.4 Å². The first-order chi connectivity index (χ1) is 15.8. The Morgan fingerprint density at radius 3 is 2.67 bits per heavy atom. The van der Waals surface area contributed by atoms with E-state index < -0.39 is 11.9 Å². The van der Waals surface area contributed by atoms with Crippen molar-refractivity contribution < 1.29 is 24.2 Å². The van der Waals surface area contributed by atoms with Gasteiger partial charge in [-0.15, -0.1) is 0 Å². The van der Waals surface area contributed by atoms with Crippen LogP contribution < -0.4 is 15.2 Å². The molecule has 0 radical (unpaired) electrons. The molecule has 0 unspecified atom stereocenters. The van der Waals surface area contributed by atoms with Gasteiger partial charge in [0.1, 0.15) is 0 Å². The van der Waals surface area contributed by atoms with Crippen LogP contribution in [-0.2, 0) is 16.6 Å². The smallest absolute Gasteiger partial charge is 0.306 e. The molecule has 2 heterocycles. The fourth-order valence-electron chi connectivity index (χ4n) is 4.35. The topological polar surface area (TPSA) is 133 Å². The van der Waals surface area contributed by atoms with Crippen LogP contribution >= 0.6 is 0 Å². The molecule has 0 aromatic carbocycles. The quantitative estimate of drug-likeness (QED) is 0.618. The highest BCUT2D eigenvalue weighted by atomic mass is 16.5. The second-order valence-corrected chi connectivity index (χ2v) is 8.89. The Labute approximate surface area is 192 Å². The lowest BCUT2D eigenvalue weighted by Crippen LogP contribution is -2.43. The number of carboxylic acids is 1. The number of nitrogens with zero attached hydrogens (tertiary/aromatic N) is 4. The molecule has 10 nitrogen and oxygen atoms in total. The van der Waals surface area contributed by atoms with Crippen molar-refractivity contribution in [3.8, 4) is 22.9 Å². The molecular weight excluding hydrogens is 426 g/mol. The average molecular weight is 458 g/mol. The molecule has 2 aromatic heterocycles. The van der Waals surface area contributed by atoms with E-state index in [1.165, 1.54) is 0 Å². The standard InChI is InChI=1S/C23H31N5O5/c1-27(15-6-4-7-15)20(29)13-32-22-17(12-25-28(22)2)18-9-10-19(21(24)26-18)33-16-8-3-5-14(11-16)23(30)31/h9-10,12,14-16H,3-8,11,13H2,1-2H3,(H2,24,26)(H,30,31)/t14-,16-/m0/s1. The van der Waals surface area contributed by atoms with Gasteiger partial charge in [-0.3, -0.25) is 9.59 Å². The number of amides is 1. The average Bonchev–Trinajstić information content (AvgIpc) is 3.12. The second-order valence-electron chi connectivity index (χ2n) is 8.89. The zero-order valence-corrected chi connectivity index (χ0v) is 19.1. The van der Waals surface area contributed by atoms with Crippen LogP contribution in [0.25, 0.3) is 11.3 Å². The lowest BCUT2D eigenvalue weighted by molar-refractivity contribution is -0.143. The Kier molecular flexibility index (Phi) is 6.71. The summed E-state index contributed by atoms with van der Waals surface area (Å²) in [5, 5.41) is 13.5. The van der Waals surface area contributed by atoms with Crippen LogP contribution in [0.1, 0.15) is 44.9 Å².